The van der Waals surface area contributed by atoms with E-state index in [1.165, 1.54) is 15.4 Å². The van der Waals surface area contributed by atoms with E-state index in [0.717, 1.165) is 5.56 Å². The molecule has 7 heteroatoms. The van der Waals surface area contributed by atoms with E-state index in [-0.39, 0.29) is 18.1 Å². The van der Waals surface area contributed by atoms with Crippen LogP contribution in [0.5, 0.6) is 0 Å². The summed E-state index contributed by atoms with van der Waals surface area (Å²) in [5.41, 5.74) is 1.06. The molecule has 0 saturated carbocycles. The van der Waals surface area contributed by atoms with Gasteiger partial charge in [-0.15, -0.1) is 0 Å². The topological polar surface area (TPSA) is 52.7 Å². The van der Waals surface area contributed by atoms with Crippen molar-refractivity contribution in [3.05, 3.63) is 74.9 Å². The largest absolute Gasteiger partial charge is 0.368 e. The number of tetrazole rings is 1. The molecular formula is C14H10BrFN4O. The highest BCUT2D eigenvalue weighted by atomic mass is 79.9. The average molecular weight is 349 g/mol. The summed E-state index contributed by atoms with van der Waals surface area (Å²) in [7, 11) is 0. The number of nitrogens with zero attached hydrogens (tertiary/aromatic N) is 4. The maximum Gasteiger partial charge on any atom is 0.368 e. The molecule has 0 atom stereocenters. The Labute approximate surface area is 127 Å². The van der Waals surface area contributed by atoms with Gasteiger partial charge < -0.3 is 0 Å². The summed E-state index contributed by atoms with van der Waals surface area (Å²) < 4.78 is 16.0. The molecule has 0 aliphatic carbocycles. The van der Waals surface area contributed by atoms with Crippen LogP contribution < -0.4 is 5.69 Å². The van der Waals surface area contributed by atoms with Gasteiger partial charge in [-0.2, -0.15) is 9.36 Å². The standard InChI is InChI=1S/C14H10BrFN4O/c15-12-8-10(6-7-13(12)16)9-19-14(21)20(18-17-19)11-4-2-1-3-5-11/h1-8H,9H2. The molecular weight excluding hydrogens is 339 g/mol. The molecule has 3 aromatic rings. The van der Waals surface area contributed by atoms with Crippen molar-refractivity contribution in [2.24, 2.45) is 0 Å². The molecule has 0 spiro atoms. The van der Waals surface area contributed by atoms with Gasteiger partial charge in [0.2, 0.25) is 0 Å². The lowest BCUT2D eigenvalue weighted by Gasteiger charge is -2.01. The van der Waals surface area contributed by atoms with Crippen LogP contribution in [0.15, 0.2) is 57.8 Å². The van der Waals surface area contributed by atoms with Crippen molar-refractivity contribution in [2.45, 2.75) is 6.54 Å². The zero-order valence-corrected chi connectivity index (χ0v) is 12.4. The number of halogens is 2. The molecule has 0 N–H and O–H groups in total. The van der Waals surface area contributed by atoms with Crippen molar-refractivity contribution in [1.29, 1.82) is 0 Å². The van der Waals surface area contributed by atoms with Crippen LogP contribution in [0.4, 0.5) is 4.39 Å². The van der Waals surface area contributed by atoms with Crippen LogP contribution >= 0.6 is 15.9 Å². The van der Waals surface area contributed by atoms with Crippen LogP contribution in [0.3, 0.4) is 0 Å². The van der Waals surface area contributed by atoms with Crippen LogP contribution in [0.25, 0.3) is 5.69 Å². The van der Waals surface area contributed by atoms with Gasteiger partial charge in [-0.1, -0.05) is 24.3 Å². The van der Waals surface area contributed by atoms with Gasteiger partial charge in [0, 0.05) is 0 Å². The highest BCUT2D eigenvalue weighted by Gasteiger charge is 2.09. The Balaban J connectivity index is 1.93. The Morgan fingerprint density at radius 2 is 1.86 bits per heavy atom. The first-order valence-electron chi connectivity index (χ1n) is 6.17. The van der Waals surface area contributed by atoms with E-state index in [0.29, 0.717) is 10.2 Å². The Hall–Kier alpha value is -2.28. The summed E-state index contributed by atoms with van der Waals surface area (Å²) in [6, 6.07) is 13.6. The molecule has 106 valence electrons. The van der Waals surface area contributed by atoms with Crippen LogP contribution in [-0.2, 0) is 6.54 Å². The lowest BCUT2D eigenvalue weighted by molar-refractivity contribution is 0.611. The normalized spacial score (nSPS) is 10.8. The molecule has 0 saturated heterocycles. The number of hydrogen-bond acceptors (Lipinski definition) is 3. The molecule has 5 nitrogen and oxygen atoms in total. The van der Waals surface area contributed by atoms with Gasteiger partial charge in [0.1, 0.15) is 5.82 Å². The van der Waals surface area contributed by atoms with Crippen LogP contribution in [0, 0.1) is 5.82 Å². The molecule has 2 aromatic carbocycles. The molecule has 0 unspecified atom stereocenters. The van der Waals surface area contributed by atoms with E-state index < -0.39 is 0 Å². The van der Waals surface area contributed by atoms with Gasteiger partial charge in [-0.25, -0.2) is 9.18 Å². The third-order valence-electron chi connectivity index (χ3n) is 2.96. The molecule has 0 radical (unpaired) electrons. The van der Waals surface area contributed by atoms with Crippen LogP contribution in [-0.4, -0.2) is 19.8 Å². The number of rotatable bonds is 3. The van der Waals surface area contributed by atoms with E-state index in [1.54, 1.807) is 24.3 Å². The van der Waals surface area contributed by atoms with Crippen molar-refractivity contribution < 1.29 is 4.39 Å². The zero-order valence-electron chi connectivity index (χ0n) is 10.8. The second-order valence-electron chi connectivity index (χ2n) is 4.41. The average Bonchev–Trinajstić information content (AvgIpc) is 2.85. The van der Waals surface area contributed by atoms with Crippen molar-refractivity contribution >= 4 is 15.9 Å². The first-order valence-corrected chi connectivity index (χ1v) is 6.96. The van der Waals surface area contributed by atoms with Crippen molar-refractivity contribution in [3.8, 4) is 5.69 Å². The lowest BCUT2D eigenvalue weighted by atomic mass is 10.2. The summed E-state index contributed by atoms with van der Waals surface area (Å²) in [6.45, 7) is 0.227. The highest BCUT2D eigenvalue weighted by Crippen LogP contribution is 2.17. The Kier molecular flexibility index (Phi) is 3.66. The maximum absolute atomic E-state index is 13.2. The van der Waals surface area contributed by atoms with Crippen molar-refractivity contribution in [2.75, 3.05) is 0 Å². The first-order chi connectivity index (χ1) is 10.1. The van der Waals surface area contributed by atoms with Crippen LogP contribution in [0.1, 0.15) is 5.56 Å². The van der Waals surface area contributed by atoms with E-state index in [9.17, 15) is 9.18 Å². The van der Waals surface area contributed by atoms with E-state index in [1.807, 2.05) is 18.2 Å². The zero-order chi connectivity index (χ0) is 14.8. The number of para-hydroxylation sites is 1. The predicted molar refractivity (Wildman–Crippen MR) is 78.8 cm³/mol. The molecule has 0 fully saturated rings. The molecule has 0 aliphatic rings. The maximum atomic E-state index is 13.2. The molecule has 0 aliphatic heterocycles. The third-order valence-corrected chi connectivity index (χ3v) is 3.56. The SMILES string of the molecule is O=c1n(Cc2ccc(F)c(Br)c2)nnn1-c1ccccc1. The molecule has 21 heavy (non-hydrogen) atoms. The summed E-state index contributed by atoms with van der Waals surface area (Å²) in [5.74, 6) is -0.348. The molecule has 0 amide bonds. The first kappa shape index (κ1) is 13.7. The van der Waals surface area contributed by atoms with E-state index in [4.69, 9.17) is 0 Å². The predicted octanol–water partition coefficient (Wildman–Crippen LogP) is 2.38. The summed E-state index contributed by atoms with van der Waals surface area (Å²) in [4.78, 5) is 12.2. The van der Waals surface area contributed by atoms with Gasteiger partial charge in [0.15, 0.2) is 0 Å². The smallest absolute Gasteiger partial charge is 0.244 e. The third kappa shape index (κ3) is 2.78. The van der Waals surface area contributed by atoms with Gasteiger partial charge in [-0.05, 0) is 56.2 Å². The minimum atomic E-state index is -0.348. The molecule has 1 heterocycles. The molecule has 1 aromatic heterocycles. The van der Waals surface area contributed by atoms with Crippen LogP contribution in [0.2, 0.25) is 0 Å². The van der Waals surface area contributed by atoms with Crippen molar-refractivity contribution in [1.82, 2.24) is 19.8 Å². The minimum absolute atomic E-state index is 0.227. The summed E-state index contributed by atoms with van der Waals surface area (Å²) in [6.07, 6.45) is 0. The summed E-state index contributed by atoms with van der Waals surface area (Å²) in [5, 5.41) is 7.70. The van der Waals surface area contributed by atoms with Gasteiger partial charge in [0.25, 0.3) is 0 Å². The van der Waals surface area contributed by atoms with Gasteiger partial charge >= 0.3 is 5.69 Å². The van der Waals surface area contributed by atoms with Gasteiger partial charge in [-0.3, -0.25) is 0 Å². The second kappa shape index (κ2) is 5.61. The number of benzene rings is 2. The highest BCUT2D eigenvalue weighted by molar-refractivity contribution is 9.10. The Morgan fingerprint density at radius 3 is 2.57 bits per heavy atom. The molecule has 0 bridgehead atoms. The fourth-order valence-electron chi connectivity index (χ4n) is 1.92. The minimum Gasteiger partial charge on any atom is -0.244 e. The van der Waals surface area contributed by atoms with E-state index >= 15 is 0 Å². The summed E-state index contributed by atoms with van der Waals surface area (Å²) >= 11 is 3.12. The second-order valence-corrected chi connectivity index (χ2v) is 5.27. The van der Waals surface area contributed by atoms with E-state index in [2.05, 4.69) is 26.4 Å². The fourth-order valence-corrected chi connectivity index (χ4v) is 2.34. The Morgan fingerprint density at radius 1 is 1.10 bits per heavy atom. The fraction of sp³-hybridized carbons (Fsp3) is 0.0714. The Bertz CT molecular complexity index is 828. The quantitative estimate of drug-likeness (QED) is 0.730. The molecule has 3 rings (SSSR count). The monoisotopic (exact) mass is 348 g/mol. The number of aromatic nitrogens is 4. The van der Waals surface area contributed by atoms with Crippen molar-refractivity contribution in [3.63, 3.8) is 0 Å². The lowest BCUT2D eigenvalue weighted by Crippen LogP contribution is -2.24. The number of hydrogen-bond donors (Lipinski definition) is 0. The van der Waals surface area contributed by atoms with Gasteiger partial charge in [0.05, 0.1) is 16.7 Å².